The molecule has 20 heavy (non-hydrogen) atoms. The number of hydrogen-bond acceptors (Lipinski definition) is 4. The summed E-state index contributed by atoms with van der Waals surface area (Å²) in [6, 6.07) is 11.4. The number of hydrogen-bond donors (Lipinski definition) is 2. The first-order chi connectivity index (χ1) is 9.71. The highest BCUT2D eigenvalue weighted by atomic mass is 19.1. The Hall–Kier alpha value is -2.11. The van der Waals surface area contributed by atoms with Crippen molar-refractivity contribution in [3.05, 3.63) is 59.4 Å². The molecular weight excluding hydrogens is 259 g/mol. The molecule has 2 aromatic rings. The van der Waals surface area contributed by atoms with Crippen LogP contribution in [0, 0.1) is 5.82 Å². The molecule has 4 nitrogen and oxygen atoms in total. The molecule has 0 fully saturated rings. The predicted molar refractivity (Wildman–Crippen MR) is 75.1 cm³/mol. The molecule has 2 aromatic carbocycles. The van der Waals surface area contributed by atoms with Crippen LogP contribution < -0.4 is 20.7 Å². The van der Waals surface area contributed by atoms with E-state index < -0.39 is 0 Å². The number of para-hydroxylation sites is 1. The van der Waals surface area contributed by atoms with Crippen molar-refractivity contribution in [3.8, 4) is 11.5 Å². The highest BCUT2D eigenvalue weighted by Gasteiger charge is 2.19. The number of halogens is 1. The molecule has 0 bridgehead atoms. The third-order valence-electron chi connectivity index (χ3n) is 3.11. The van der Waals surface area contributed by atoms with Crippen molar-refractivity contribution in [2.75, 3.05) is 14.2 Å². The molecule has 1 atom stereocenters. The van der Waals surface area contributed by atoms with E-state index in [4.69, 9.17) is 15.3 Å². The average molecular weight is 276 g/mol. The van der Waals surface area contributed by atoms with Crippen LogP contribution in [-0.2, 0) is 0 Å². The minimum absolute atomic E-state index is 0.290. The van der Waals surface area contributed by atoms with Crippen LogP contribution in [0.5, 0.6) is 11.5 Å². The summed E-state index contributed by atoms with van der Waals surface area (Å²) in [5.41, 5.74) is 4.38. The van der Waals surface area contributed by atoms with Crippen molar-refractivity contribution in [1.29, 1.82) is 0 Å². The van der Waals surface area contributed by atoms with E-state index in [1.807, 2.05) is 12.1 Å². The van der Waals surface area contributed by atoms with E-state index in [9.17, 15) is 4.39 Å². The SMILES string of the molecule is COc1cccc(C(NN)c2ccc(F)cc2)c1OC. The van der Waals surface area contributed by atoms with Gasteiger partial charge in [-0.2, -0.15) is 0 Å². The fourth-order valence-corrected chi connectivity index (χ4v) is 2.16. The zero-order chi connectivity index (χ0) is 14.5. The van der Waals surface area contributed by atoms with Gasteiger partial charge >= 0.3 is 0 Å². The second-order valence-electron chi connectivity index (χ2n) is 4.23. The van der Waals surface area contributed by atoms with Gasteiger partial charge in [-0.25, -0.2) is 9.82 Å². The highest BCUT2D eigenvalue weighted by molar-refractivity contribution is 5.50. The fraction of sp³-hybridized carbons (Fsp3) is 0.200. The largest absolute Gasteiger partial charge is 0.493 e. The standard InChI is InChI=1S/C15H17FN2O2/c1-19-13-5-3-4-12(15(13)20-2)14(18-17)10-6-8-11(16)9-7-10/h3-9,14,18H,17H2,1-2H3. The molecular formula is C15H17FN2O2. The Bertz CT molecular complexity index is 573. The first-order valence-electron chi connectivity index (χ1n) is 6.13. The average Bonchev–Trinajstić information content (AvgIpc) is 2.49. The summed E-state index contributed by atoms with van der Waals surface area (Å²) in [7, 11) is 3.14. The molecule has 0 amide bonds. The maximum absolute atomic E-state index is 13.0. The molecule has 3 N–H and O–H groups in total. The zero-order valence-electron chi connectivity index (χ0n) is 11.4. The lowest BCUT2D eigenvalue weighted by molar-refractivity contribution is 0.349. The van der Waals surface area contributed by atoms with Gasteiger partial charge in [0.05, 0.1) is 20.3 Å². The smallest absolute Gasteiger partial charge is 0.165 e. The number of nitrogens with one attached hydrogen (secondary N) is 1. The van der Waals surface area contributed by atoms with Crippen LogP contribution in [-0.4, -0.2) is 14.2 Å². The summed E-state index contributed by atoms with van der Waals surface area (Å²) in [6.45, 7) is 0. The Morgan fingerprint density at radius 1 is 1.05 bits per heavy atom. The van der Waals surface area contributed by atoms with Crippen molar-refractivity contribution < 1.29 is 13.9 Å². The summed E-state index contributed by atoms with van der Waals surface area (Å²) in [5, 5.41) is 0. The van der Waals surface area contributed by atoms with Gasteiger partial charge in [0, 0.05) is 5.56 Å². The van der Waals surface area contributed by atoms with Gasteiger partial charge in [0.1, 0.15) is 5.82 Å². The lowest BCUT2D eigenvalue weighted by Gasteiger charge is -2.21. The summed E-state index contributed by atoms with van der Waals surface area (Å²) in [6.07, 6.45) is 0. The molecule has 0 radical (unpaired) electrons. The van der Waals surface area contributed by atoms with Crippen molar-refractivity contribution in [1.82, 2.24) is 5.43 Å². The highest BCUT2D eigenvalue weighted by Crippen LogP contribution is 2.36. The molecule has 0 aliphatic carbocycles. The van der Waals surface area contributed by atoms with E-state index in [1.54, 1.807) is 32.4 Å². The van der Waals surface area contributed by atoms with Crippen LogP contribution in [0.3, 0.4) is 0 Å². The van der Waals surface area contributed by atoms with E-state index in [1.165, 1.54) is 12.1 Å². The van der Waals surface area contributed by atoms with Gasteiger partial charge in [-0.3, -0.25) is 5.84 Å². The second-order valence-corrected chi connectivity index (χ2v) is 4.23. The molecule has 0 aliphatic heterocycles. The Kier molecular flexibility index (Phi) is 4.55. The van der Waals surface area contributed by atoms with E-state index in [2.05, 4.69) is 5.43 Å². The van der Waals surface area contributed by atoms with Crippen molar-refractivity contribution in [2.45, 2.75) is 6.04 Å². The lowest BCUT2D eigenvalue weighted by atomic mass is 9.98. The van der Waals surface area contributed by atoms with Crippen LogP contribution in [0.1, 0.15) is 17.2 Å². The Balaban J connectivity index is 2.49. The Morgan fingerprint density at radius 2 is 1.75 bits per heavy atom. The van der Waals surface area contributed by atoms with E-state index in [0.29, 0.717) is 11.5 Å². The van der Waals surface area contributed by atoms with Gasteiger partial charge < -0.3 is 9.47 Å². The number of methoxy groups -OCH3 is 2. The molecule has 106 valence electrons. The maximum atomic E-state index is 13.0. The van der Waals surface area contributed by atoms with E-state index in [0.717, 1.165) is 11.1 Å². The lowest BCUT2D eigenvalue weighted by Crippen LogP contribution is -2.29. The number of benzene rings is 2. The Morgan fingerprint density at radius 3 is 2.30 bits per heavy atom. The van der Waals surface area contributed by atoms with Crippen LogP contribution in [0.2, 0.25) is 0 Å². The molecule has 0 spiro atoms. The molecule has 0 heterocycles. The predicted octanol–water partition coefficient (Wildman–Crippen LogP) is 2.40. The van der Waals surface area contributed by atoms with E-state index >= 15 is 0 Å². The molecule has 0 aromatic heterocycles. The minimum Gasteiger partial charge on any atom is -0.493 e. The monoisotopic (exact) mass is 276 g/mol. The normalized spacial score (nSPS) is 12.0. The van der Waals surface area contributed by atoms with Crippen LogP contribution in [0.15, 0.2) is 42.5 Å². The molecule has 1 unspecified atom stereocenters. The van der Waals surface area contributed by atoms with Gasteiger partial charge in [0.25, 0.3) is 0 Å². The minimum atomic E-state index is -0.319. The summed E-state index contributed by atoms with van der Waals surface area (Å²) >= 11 is 0. The second kappa shape index (κ2) is 6.36. The van der Waals surface area contributed by atoms with Crippen molar-refractivity contribution in [2.24, 2.45) is 5.84 Å². The van der Waals surface area contributed by atoms with Gasteiger partial charge in [-0.1, -0.05) is 24.3 Å². The molecule has 0 saturated carbocycles. The fourth-order valence-electron chi connectivity index (χ4n) is 2.16. The third kappa shape index (κ3) is 2.74. The van der Waals surface area contributed by atoms with Crippen molar-refractivity contribution in [3.63, 3.8) is 0 Å². The van der Waals surface area contributed by atoms with Crippen LogP contribution in [0.25, 0.3) is 0 Å². The van der Waals surface area contributed by atoms with Crippen molar-refractivity contribution >= 4 is 0 Å². The number of hydrazine groups is 1. The summed E-state index contributed by atoms with van der Waals surface area (Å²) < 4.78 is 23.7. The number of rotatable bonds is 5. The molecule has 0 aliphatic rings. The maximum Gasteiger partial charge on any atom is 0.165 e. The zero-order valence-corrected chi connectivity index (χ0v) is 11.4. The first kappa shape index (κ1) is 14.3. The Labute approximate surface area is 117 Å². The molecule has 0 saturated heterocycles. The summed E-state index contributed by atoms with van der Waals surface area (Å²) in [4.78, 5) is 0. The van der Waals surface area contributed by atoms with Crippen LogP contribution in [0.4, 0.5) is 4.39 Å². The quantitative estimate of drug-likeness (QED) is 0.650. The topological polar surface area (TPSA) is 56.5 Å². The van der Waals surface area contributed by atoms with E-state index in [-0.39, 0.29) is 11.9 Å². The van der Waals surface area contributed by atoms with Gasteiger partial charge in [0.2, 0.25) is 0 Å². The van der Waals surface area contributed by atoms with Crippen LogP contribution >= 0.6 is 0 Å². The molecule has 5 heteroatoms. The number of nitrogens with two attached hydrogens (primary N) is 1. The number of ether oxygens (including phenoxy) is 2. The molecule has 2 rings (SSSR count). The first-order valence-corrected chi connectivity index (χ1v) is 6.13. The third-order valence-corrected chi connectivity index (χ3v) is 3.11. The summed E-state index contributed by atoms with van der Waals surface area (Å²) in [5.74, 6) is 6.58. The van der Waals surface area contributed by atoms with Gasteiger partial charge in [-0.05, 0) is 23.8 Å². The van der Waals surface area contributed by atoms with Gasteiger partial charge in [-0.15, -0.1) is 0 Å². The van der Waals surface area contributed by atoms with Gasteiger partial charge in [0.15, 0.2) is 11.5 Å².